The predicted octanol–water partition coefficient (Wildman–Crippen LogP) is 1.20. The Morgan fingerprint density at radius 3 is 2.35 bits per heavy atom. The van der Waals surface area contributed by atoms with Gasteiger partial charge in [0.1, 0.15) is 5.54 Å². The number of nitrogens with one attached hydrogen (secondary N) is 2. The summed E-state index contributed by atoms with van der Waals surface area (Å²) in [6.07, 6.45) is 0.0155. The highest BCUT2D eigenvalue weighted by atomic mass is 16.4. The van der Waals surface area contributed by atoms with Crippen molar-refractivity contribution < 1.29 is 19.5 Å². The molecule has 0 aliphatic rings. The van der Waals surface area contributed by atoms with E-state index >= 15 is 0 Å². The Labute approximate surface area is 135 Å². The summed E-state index contributed by atoms with van der Waals surface area (Å²) in [6.45, 7) is 3.41. The van der Waals surface area contributed by atoms with Crippen molar-refractivity contribution in [1.29, 1.82) is 0 Å². The van der Waals surface area contributed by atoms with Crippen molar-refractivity contribution in [2.75, 3.05) is 13.6 Å². The molecule has 23 heavy (non-hydrogen) atoms. The fourth-order valence-corrected chi connectivity index (χ4v) is 1.81. The number of hydrogen-bond donors (Lipinski definition) is 3. The number of carbonyl (C=O) groups excluding carboxylic acids is 2. The molecule has 0 aliphatic carbocycles. The SMILES string of the molecule is CN(Cc1ccccc1)C(=O)NCCC(=O)NC(C)(C)C(=O)O. The summed E-state index contributed by atoms with van der Waals surface area (Å²) in [5, 5.41) is 13.9. The first-order chi connectivity index (χ1) is 10.7. The van der Waals surface area contributed by atoms with Gasteiger partial charge in [0.25, 0.3) is 0 Å². The van der Waals surface area contributed by atoms with Crippen molar-refractivity contribution in [1.82, 2.24) is 15.5 Å². The van der Waals surface area contributed by atoms with E-state index in [-0.39, 0.29) is 19.0 Å². The number of carboxylic acids is 1. The van der Waals surface area contributed by atoms with Crippen LogP contribution in [0.5, 0.6) is 0 Å². The fourth-order valence-electron chi connectivity index (χ4n) is 1.81. The molecule has 7 nitrogen and oxygen atoms in total. The van der Waals surface area contributed by atoms with Gasteiger partial charge >= 0.3 is 12.0 Å². The maximum atomic E-state index is 11.9. The molecule has 0 saturated heterocycles. The first-order valence-electron chi connectivity index (χ1n) is 7.29. The number of nitrogens with zero attached hydrogens (tertiary/aromatic N) is 1. The van der Waals surface area contributed by atoms with Crippen LogP contribution in [-0.4, -0.2) is 47.0 Å². The minimum atomic E-state index is -1.33. The van der Waals surface area contributed by atoms with Gasteiger partial charge in [-0.25, -0.2) is 9.59 Å². The molecule has 0 heterocycles. The van der Waals surface area contributed by atoms with Crippen molar-refractivity contribution in [3.63, 3.8) is 0 Å². The summed E-state index contributed by atoms with van der Waals surface area (Å²) >= 11 is 0. The second-order valence-corrected chi connectivity index (χ2v) is 5.80. The molecule has 0 atom stereocenters. The summed E-state index contributed by atoms with van der Waals surface area (Å²) < 4.78 is 0. The van der Waals surface area contributed by atoms with Crippen LogP contribution in [0.25, 0.3) is 0 Å². The van der Waals surface area contributed by atoms with E-state index in [0.717, 1.165) is 5.56 Å². The molecular weight excluding hydrogens is 298 g/mol. The number of amides is 3. The third kappa shape index (κ3) is 6.37. The van der Waals surface area contributed by atoms with Crippen LogP contribution in [0.2, 0.25) is 0 Å². The highest BCUT2D eigenvalue weighted by Gasteiger charge is 2.28. The lowest BCUT2D eigenvalue weighted by Crippen LogP contribution is -2.50. The van der Waals surface area contributed by atoms with Crippen molar-refractivity contribution in [2.24, 2.45) is 0 Å². The molecule has 0 aliphatic heterocycles. The van der Waals surface area contributed by atoms with E-state index < -0.39 is 17.4 Å². The molecule has 0 fully saturated rings. The molecule has 0 spiro atoms. The number of benzene rings is 1. The number of carbonyl (C=O) groups is 3. The minimum Gasteiger partial charge on any atom is -0.480 e. The van der Waals surface area contributed by atoms with E-state index in [0.29, 0.717) is 6.54 Å². The maximum absolute atomic E-state index is 11.9. The molecule has 0 saturated carbocycles. The van der Waals surface area contributed by atoms with Gasteiger partial charge in [-0.3, -0.25) is 4.79 Å². The van der Waals surface area contributed by atoms with Gasteiger partial charge in [-0.05, 0) is 19.4 Å². The summed E-state index contributed by atoms with van der Waals surface area (Å²) in [7, 11) is 1.66. The van der Waals surface area contributed by atoms with Crippen molar-refractivity contribution in [3.8, 4) is 0 Å². The predicted molar refractivity (Wildman–Crippen MR) is 85.8 cm³/mol. The summed E-state index contributed by atoms with van der Waals surface area (Å²) in [4.78, 5) is 36.0. The van der Waals surface area contributed by atoms with Gasteiger partial charge in [0, 0.05) is 26.6 Å². The Morgan fingerprint density at radius 2 is 1.78 bits per heavy atom. The van der Waals surface area contributed by atoms with Crippen LogP contribution in [0.4, 0.5) is 4.79 Å². The largest absolute Gasteiger partial charge is 0.480 e. The number of carboxylic acid groups (broad SMARTS) is 1. The average Bonchev–Trinajstić information content (AvgIpc) is 2.47. The van der Waals surface area contributed by atoms with Crippen LogP contribution in [0.1, 0.15) is 25.8 Å². The van der Waals surface area contributed by atoms with Crippen molar-refractivity contribution in [2.45, 2.75) is 32.4 Å². The van der Waals surface area contributed by atoms with E-state index in [4.69, 9.17) is 5.11 Å². The second kappa shape index (κ2) is 8.17. The fraction of sp³-hybridized carbons (Fsp3) is 0.438. The second-order valence-electron chi connectivity index (χ2n) is 5.80. The smallest absolute Gasteiger partial charge is 0.328 e. The minimum absolute atomic E-state index is 0.0155. The topological polar surface area (TPSA) is 98.7 Å². The third-order valence-corrected chi connectivity index (χ3v) is 3.22. The Morgan fingerprint density at radius 1 is 1.17 bits per heavy atom. The Kier molecular flexibility index (Phi) is 6.56. The molecule has 0 radical (unpaired) electrons. The van der Waals surface area contributed by atoms with Gasteiger partial charge in [0.15, 0.2) is 0 Å². The Balaban J connectivity index is 2.33. The van der Waals surface area contributed by atoms with Crippen LogP contribution >= 0.6 is 0 Å². The van der Waals surface area contributed by atoms with Crippen LogP contribution in [-0.2, 0) is 16.1 Å². The molecular formula is C16H23N3O4. The standard InChI is InChI=1S/C16H23N3O4/c1-16(2,14(21)22)18-13(20)9-10-17-15(23)19(3)11-12-7-5-4-6-8-12/h4-8H,9-11H2,1-3H3,(H,17,23)(H,18,20)(H,21,22). The number of urea groups is 1. The van der Waals surface area contributed by atoms with E-state index in [1.807, 2.05) is 30.3 Å². The molecule has 1 rings (SSSR count). The van der Waals surface area contributed by atoms with E-state index in [1.165, 1.54) is 18.7 Å². The average molecular weight is 321 g/mol. The molecule has 0 bridgehead atoms. The first kappa shape index (κ1) is 18.5. The van der Waals surface area contributed by atoms with Gasteiger partial charge in [-0.1, -0.05) is 30.3 Å². The lowest BCUT2D eigenvalue weighted by Gasteiger charge is -2.21. The summed E-state index contributed by atoms with van der Waals surface area (Å²) in [6, 6.07) is 9.25. The summed E-state index contributed by atoms with van der Waals surface area (Å²) in [5.74, 6) is -1.54. The molecule has 1 aromatic carbocycles. The number of aliphatic carboxylic acids is 1. The van der Waals surface area contributed by atoms with Gasteiger partial charge in [-0.15, -0.1) is 0 Å². The highest BCUT2D eigenvalue weighted by molar-refractivity contribution is 5.86. The quantitative estimate of drug-likeness (QED) is 0.702. The normalized spacial score (nSPS) is 10.7. The molecule has 126 valence electrons. The first-order valence-corrected chi connectivity index (χ1v) is 7.29. The lowest BCUT2D eigenvalue weighted by molar-refractivity contribution is -0.146. The molecule has 3 amide bonds. The molecule has 7 heteroatoms. The lowest BCUT2D eigenvalue weighted by atomic mass is 10.1. The Hall–Kier alpha value is -2.57. The van der Waals surface area contributed by atoms with E-state index in [9.17, 15) is 14.4 Å². The summed E-state index contributed by atoms with van der Waals surface area (Å²) in [5.41, 5.74) is -0.323. The van der Waals surface area contributed by atoms with Crippen molar-refractivity contribution in [3.05, 3.63) is 35.9 Å². The van der Waals surface area contributed by atoms with Gasteiger partial charge in [0.05, 0.1) is 0 Å². The molecule has 0 unspecified atom stereocenters. The van der Waals surface area contributed by atoms with Crippen LogP contribution < -0.4 is 10.6 Å². The maximum Gasteiger partial charge on any atom is 0.328 e. The van der Waals surface area contributed by atoms with E-state index in [1.54, 1.807) is 7.05 Å². The van der Waals surface area contributed by atoms with Gasteiger partial charge in [0.2, 0.25) is 5.91 Å². The van der Waals surface area contributed by atoms with Crippen LogP contribution in [0, 0.1) is 0 Å². The monoisotopic (exact) mass is 321 g/mol. The number of hydrogen-bond acceptors (Lipinski definition) is 3. The van der Waals surface area contributed by atoms with Crippen LogP contribution in [0.15, 0.2) is 30.3 Å². The molecule has 1 aromatic rings. The zero-order valence-electron chi connectivity index (χ0n) is 13.6. The molecule has 3 N–H and O–H groups in total. The number of rotatable bonds is 7. The van der Waals surface area contributed by atoms with Crippen molar-refractivity contribution >= 4 is 17.9 Å². The third-order valence-electron chi connectivity index (χ3n) is 3.22. The van der Waals surface area contributed by atoms with Gasteiger partial charge < -0.3 is 20.6 Å². The molecule has 0 aromatic heterocycles. The highest BCUT2D eigenvalue weighted by Crippen LogP contribution is 2.03. The van der Waals surface area contributed by atoms with Gasteiger partial charge in [-0.2, -0.15) is 0 Å². The Bertz CT molecular complexity index is 558. The van der Waals surface area contributed by atoms with Crippen LogP contribution in [0.3, 0.4) is 0 Å². The van der Waals surface area contributed by atoms with E-state index in [2.05, 4.69) is 10.6 Å². The zero-order chi connectivity index (χ0) is 17.5. The zero-order valence-corrected chi connectivity index (χ0v) is 13.6.